The summed E-state index contributed by atoms with van der Waals surface area (Å²) in [7, 11) is 1.31. The third-order valence-corrected chi connectivity index (χ3v) is 2.55. The van der Waals surface area contributed by atoms with Crippen LogP contribution in [0, 0.1) is 0 Å². The molecule has 0 saturated carbocycles. The van der Waals surface area contributed by atoms with Crippen molar-refractivity contribution in [2.24, 2.45) is 0 Å². The van der Waals surface area contributed by atoms with E-state index in [0.717, 1.165) is 0 Å². The molecule has 0 spiro atoms. The van der Waals surface area contributed by atoms with Crippen LogP contribution in [0.2, 0.25) is 0 Å². The van der Waals surface area contributed by atoms with Crippen LogP contribution in [0.1, 0.15) is 18.2 Å². The third kappa shape index (κ3) is 5.30. The minimum absolute atomic E-state index is 0.0750. The Kier molecular flexibility index (Phi) is 6.07. The van der Waals surface area contributed by atoms with Crippen molar-refractivity contribution in [2.45, 2.75) is 25.6 Å². The molecule has 0 atom stereocenters. The maximum atomic E-state index is 12.4. The molecule has 0 aliphatic heterocycles. The van der Waals surface area contributed by atoms with Gasteiger partial charge in [-0.1, -0.05) is 0 Å². The number of halogens is 4. The molecule has 0 aliphatic carbocycles. The van der Waals surface area contributed by atoms with Crippen molar-refractivity contribution >= 4 is 17.6 Å². The molecule has 0 saturated heterocycles. The molecule has 0 bridgehead atoms. The van der Waals surface area contributed by atoms with Crippen molar-refractivity contribution in [2.75, 3.05) is 13.7 Å². The third-order valence-electron chi connectivity index (χ3n) is 2.30. The molecule has 0 aliphatic rings. The number of carbonyl (C=O) groups excluding carboxylic acids is 1. The second-order valence-electron chi connectivity index (χ2n) is 3.76. The fraction of sp³-hybridized carbons (Fsp3) is 0.500. The zero-order chi connectivity index (χ0) is 16.0. The molecule has 0 N–H and O–H groups in total. The van der Waals surface area contributed by atoms with Crippen LogP contribution >= 0.6 is 11.6 Å². The quantitative estimate of drug-likeness (QED) is 0.594. The maximum Gasteiger partial charge on any atom is 0.574 e. The first-order chi connectivity index (χ1) is 9.80. The summed E-state index contributed by atoms with van der Waals surface area (Å²) in [4.78, 5) is 15.1. The van der Waals surface area contributed by atoms with E-state index in [-0.39, 0.29) is 29.5 Å². The van der Waals surface area contributed by atoms with Gasteiger partial charge in [0.15, 0.2) is 0 Å². The SMILES string of the molecule is CCOC(=O)Cc1cc(OC)c(CCl)nc1OC(F)(F)F. The fourth-order valence-corrected chi connectivity index (χ4v) is 1.71. The highest BCUT2D eigenvalue weighted by Crippen LogP contribution is 2.30. The Balaban J connectivity index is 3.19. The lowest BCUT2D eigenvalue weighted by Crippen LogP contribution is -2.20. The van der Waals surface area contributed by atoms with Gasteiger partial charge in [0.25, 0.3) is 0 Å². The molecule has 118 valence electrons. The van der Waals surface area contributed by atoms with Crippen LogP contribution in [0.15, 0.2) is 6.07 Å². The summed E-state index contributed by atoms with van der Waals surface area (Å²) >= 11 is 5.59. The first kappa shape index (κ1) is 17.4. The van der Waals surface area contributed by atoms with E-state index in [9.17, 15) is 18.0 Å². The number of methoxy groups -OCH3 is 1. The van der Waals surface area contributed by atoms with Gasteiger partial charge in [0.1, 0.15) is 11.4 Å². The van der Waals surface area contributed by atoms with Crippen LogP contribution in [0.4, 0.5) is 13.2 Å². The summed E-state index contributed by atoms with van der Waals surface area (Å²) in [6, 6.07) is 1.22. The fourth-order valence-electron chi connectivity index (χ4n) is 1.52. The second-order valence-corrected chi connectivity index (χ2v) is 4.03. The highest BCUT2D eigenvalue weighted by Gasteiger charge is 2.33. The highest BCUT2D eigenvalue weighted by molar-refractivity contribution is 6.17. The topological polar surface area (TPSA) is 57.7 Å². The van der Waals surface area contributed by atoms with Crippen LogP contribution in [0.5, 0.6) is 11.6 Å². The van der Waals surface area contributed by atoms with Gasteiger partial charge in [0.2, 0.25) is 5.88 Å². The molecule has 0 amide bonds. The van der Waals surface area contributed by atoms with E-state index in [1.807, 2.05) is 0 Å². The normalized spacial score (nSPS) is 11.1. The van der Waals surface area contributed by atoms with Gasteiger partial charge in [-0.15, -0.1) is 24.8 Å². The zero-order valence-corrected chi connectivity index (χ0v) is 12.0. The molecule has 0 fully saturated rings. The molecule has 9 heteroatoms. The van der Waals surface area contributed by atoms with E-state index in [1.165, 1.54) is 13.2 Å². The van der Waals surface area contributed by atoms with Gasteiger partial charge >= 0.3 is 12.3 Å². The van der Waals surface area contributed by atoms with Crippen LogP contribution in [0.3, 0.4) is 0 Å². The van der Waals surface area contributed by atoms with Crippen LogP contribution < -0.4 is 9.47 Å². The Morgan fingerprint density at radius 1 is 1.43 bits per heavy atom. The number of pyridine rings is 1. The Labute approximate surface area is 124 Å². The van der Waals surface area contributed by atoms with Crippen LogP contribution in [-0.4, -0.2) is 31.0 Å². The minimum atomic E-state index is -4.94. The molecular formula is C12H13ClF3NO4. The van der Waals surface area contributed by atoms with Crippen molar-refractivity contribution in [3.63, 3.8) is 0 Å². The lowest BCUT2D eigenvalue weighted by Gasteiger charge is -2.15. The van der Waals surface area contributed by atoms with E-state index < -0.39 is 24.6 Å². The molecule has 5 nitrogen and oxygen atoms in total. The number of nitrogens with zero attached hydrogens (tertiary/aromatic N) is 1. The number of ether oxygens (including phenoxy) is 3. The molecular weight excluding hydrogens is 315 g/mol. The molecule has 0 radical (unpaired) electrons. The van der Waals surface area contributed by atoms with E-state index >= 15 is 0 Å². The van der Waals surface area contributed by atoms with Gasteiger partial charge in [-0.25, -0.2) is 4.98 Å². The van der Waals surface area contributed by atoms with Crippen molar-refractivity contribution in [1.29, 1.82) is 0 Å². The number of alkyl halides is 4. The average Bonchev–Trinajstić information content (AvgIpc) is 2.38. The van der Waals surface area contributed by atoms with Gasteiger partial charge in [0.05, 0.1) is 26.0 Å². The summed E-state index contributed by atoms with van der Waals surface area (Å²) < 4.78 is 50.6. The summed E-state index contributed by atoms with van der Waals surface area (Å²) in [6.45, 7) is 1.69. The Morgan fingerprint density at radius 3 is 2.57 bits per heavy atom. The summed E-state index contributed by atoms with van der Waals surface area (Å²) in [5.74, 6) is -1.45. The van der Waals surface area contributed by atoms with Gasteiger partial charge in [-0.05, 0) is 13.0 Å². The second kappa shape index (κ2) is 7.35. The van der Waals surface area contributed by atoms with Crippen molar-refractivity contribution < 1.29 is 32.2 Å². The van der Waals surface area contributed by atoms with Crippen molar-refractivity contribution in [3.8, 4) is 11.6 Å². The summed E-state index contributed by atoms with van der Waals surface area (Å²) in [5, 5.41) is 0. The zero-order valence-electron chi connectivity index (χ0n) is 11.3. The monoisotopic (exact) mass is 327 g/mol. The smallest absolute Gasteiger partial charge is 0.495 e. The Morgan fingerprint density at radius 2 is 2.10 bits per heavy atom. The van der Waals surface area contributed by atoms with Crippen molar-refractivity contribution in [1.82, 2.24) is 4.98 Å². The van der Waals surface area contributed by atoms with Gasteiger partial charge in [0, 0.05) is 5.56 Å². The molecule has 0 aromatic carbocycles. The number of rotatable bonds is 6. The van der Waals surface area contributed by atoms with E-state index in [2.05, 4.69) is 9.72 Å². The molecule has 1 aromatic rings. The maximum absolute atomic E-state index is 12.4. The standard InChI is InChI=1S/C12H13ClF3NO4/c1-3-20-10(18)5-7-4-9(19-2)8(6-13)17-11(7)21-12(14,15)16/h4H,3,5-6H2,1-2H3. The van der Waals surface area contributed by atoms with Gasteiger partial charge < -0.3 is 14.2 Å². The Bertz CT molecular complexity index is 508. The molecule has 1 heterocycles. The largest absolute Gasteiger partial charge is 0.574 e. The van der Waals surface area contributed by atoms with Crippen molar-refractivity contribution in [3.05, 3.63) is 17.3 Å². The highest BCUT2D eigenvalue weighted by atomic mass is 35.5. The summed E-state index contributed by atoms with van der Waals surface area (Å²) in [6.07, 6.45) is -5.36. The molecule has 1 aromatic heterocycles. The first-order valence-electron chi connectivity index (χ1n) is 5.84. The van der Waals surface area contributed by atoms with Crippen LogP contribution in [-0.2, 0) is 21.8 Å². The Hall–Kier alpha value is -1.70. The predicted molar refractivity (Wildman–Crippen MR) is 67.4 cm³/mol. The first-order valence-corrected chi connectivity index (χ1v) is 6.38. The predicted octanol–water partition coefficient (Wildman–Crippen LogP) is 2.83. The molecule has 1 rings (SSSR count). The number of hydrogen-bond donors (Lipinski definition) is 0. The van der Waals surface area contributed by atoms with E-state index in [0.29, 0.717) is 0 Å². The number of esters is 1. The van der Waals surface area contributed by atoms with Gasteiger partial charge in [-0.2, -0.15) is 0 Å². The lowest BCUT2D eigenvalue weighted by molar-refractivity contribution is -0.276. The lowest BCUT2D eigenvalue weighted by atomic mass is 10.1. The average molecular weight is 328 g/mol. The van der Waals surface area contributed by atoms with E-state index in [1.54, 1.807) is 6.92 Å². The molecule has 0 unspecified atom stereocenters. The minimum Gasteiger partial charge on any atom is -0.495 e. The van der Waals surface area contributed by atoms with Gasteiger partial charge in [-0.3, -0.25) is 4.79 Å². The summed E-state index contributed by atoms with van der Waals surface area (Å²) in [5.41, 5.74) is -0.0254. The number of aromatic nitrogens is 1. The number of carbonyl (C=O) groups is 1. The number of hydrogen-bond acceptors (Lipinski definition) is 5. The molecule has 21 heavy (non-hydrogen) atoms. The van der Waals surface area contributed by atoms with Crippen LogP contribution in [0.25, 0.3) is 0 Å². The van der Waals surface area contributed by atoms with E-state index in [4.69, 9.17) is 21.1 Å².